The van der Waals surface area contributed by atoms with E-state index >= 15 is 0 Å². The summed E-state index contributed by atoms with van der Waals surface area (Å²) in [6.07, 6.45) is 0. The van der Waals surface area contributed by atoms with Gasteiger partial charge in [0.2, 0.25) is 5.69 Å². The van der Waals surface area contributed by atoms with E-state index in [0.29, 0.717) is 5.69 Å². The summed E-state index contributed by atoms with van der Waals surface area (Å²) >= 11 is 0. The van der Waals surface area contributed by atoms with E-state index in [1.54, 1.807) is 31.2 Å². The molecule has 2 rings (SSSR count). The number of hydrogen-bond acceptors (Lipinski definition) is 4. The van der Waals surface area contributed by atoms with Crippen LogP contribution in [0.1, 0.15) is 17.4 Å². The molecule has 1 aromatic heterocycles. The maximum absolute atomic E-state index is 11.6. The molecular formula is C11H11N2O4+. The first-order chi connectivity index (χ1) is 8.24. The maximum atomic E-state index is 11.6. The van der Waals surface area contributed by atoms with Crippen LogP contribution in [0.15, 0.2) is 39.6 Å². The summed E-state index contributed by atoms with van der Waals surface area (Å²) in [6.45, 7) is 1.86. The zero-order valence-electron chi connectivity index (χ0n) is 9.17. The number of nitrogens with zero attached hydrogens (tertiary/aromatic N) is 1. The molecule has 2 aromatic rings. The second-order valence-electron chi connectivity index (χ2n) is 3.22. The number of H-pyrrole nitrogens is 1. The van der Waals surface area contributed by atoms with Crippen molar-refractivity contribution >= 4 is 5.97 Å². The summed E-state index contributed by atoms with van der Waals surface area (Å²) in [5.41, 5.74) is -0.327. The number of esters is 1. The molecule has 1 N–H and O–H groups in total. The lowest BCUT2D eigenvalue weighted by molar-refractivity contribution is -0.672. The van der Waals surface area contributed by atoms with Crippen LogP contribution < -0.4 is 10.3 Å². The smallest absolute Gasteiger partial charge is 0.442 e. The van der Waals surface area contributed by atoms with E-state index in [2.05, 4.69) is 9.79 Å². The van der Waals surface area contributed by atoms with Crippen molar-refractivity contribution in [2.75, 3.05) is 6.61 Å². The Balaban J connectivity index is 2.50. The second-order valence-corrected chi connectivity index (χ2v) is 3.22. The molecule has 0 amide bonds. The van der Waals surface area contributed by atoms with E-state index in [4.69, 9.17) is 4.74 Å². The molecule has 88 valence electrons. The van der Waals surface area contributed by atoms with Crippen molar-refractivity contribution in [3.8, 4) is 5.69 Å². The minimum absolute atomic E-state index is 0.182. The van der Waals surface area contributed by atoms with Gasteiger partial charge in [0.1, 0.15) is 0 Å². The predicted octanol–water partition coefficient (Wildman–Crippen LogP) is 0.421. The summed E-state index contributed by atoms with van der Waals surface area (Å²) in [6, 6.07) is 8.85. The molecule has 0 saturated carbocycles. The second kappa shape index (κ2) is 4.65. The summed E-state index contributed by atoms with van der Waals surface area (Å²) in [4.78, 5) is 23.0. The van der Waals surface area contributed by atoms with Crippen molar-refractivity contribution in [3.05, 3.63) is 46.4 Å². The quantitative estimate of drug-likeness (QED) is 0.618. The highest BCUT2D eigenvalue weighted by molar-refractivity contribution is 5.85. The first kappa shape index (κ1) is 11.1. The van der Waals surface area contributed by atoms with Crippen LogP contribution in [0, 0.1) is 0 Å². The average Bonchev–Trinajstić information content (AvgIpc) is 2.73. The van der Waals surface area contributed by atoms with Crippen LogP contribution in [-0.4, -0.2) is 17.8 Å². The van der Waals surface area contributed by atoms with Crippen molar-refractivity contribution < 1.29 is 18.7 Å². The molecule has 0 bridgehead atoms. The fourth-order valence-corrected chi connectivity index (χ4v) is 1.41. The number of carbonyl (C=O) groups excluding carboxylic acids is 1. The van der Waals surface area contributed by atoms with Gasteiger partial charge in [0, 0.05) is 12.1 Å². The number of rotatable bonds is 3. The number of nitrogens with one attached hydrogen (secondary N) is 1. The van der Waals surface area contributed by atoms with Gasteiger partial charge in [0.05, 0.1) is 6.61 Å². The third-order valence-corrected chi connectivity index (χ3v) is 2.13. The van der Waals surface area contributed by atoms with E-state index in [9.17, 15) is 9.59 Å². The molecule has 6 nitrogen and oxygen atoms in total. The van der Waals surface area contributed by atoms with Gasteiger partial charge in [-0.3, -0.25) is 4.52 Å². The summed E-state index contributed by atoms with van der Waals surface area (Å²) in [5.74, 6) is -0.716. The van der Waals surface area contributed by atoms with Crippen LogP contribution in [0.25, 0.3) is 5.69 Å². The summed E-state index contributed by atoms with van der Waals surface area (Å²) < 4.78 is 10.6. The van der Waals surface area contributed by atoms with Crippen LogP contribution >= 0.6 is 0 Å². The van der Waals surface area contributed by atoms with Gasteiger partial charge in [-0.25, -0.2) is 9.59 Å². The van der Waals surface area contributed by atoms with Gasteiger partial charge >= 0.3 is 17.3 Å². The Kier molecular flexibility index (Phi) is 3.04. The number of carbonyl (C=O) groups is 1. The molecule has 0 aliphatic carbocycles. The van der Waals surface area contributed by atoms with E-state index in [-0.39, 0.29) is 12.3 Å². The Labute approximate surface area is 96.4 Å². The fourth-order valence-electron chi connectivity index (χ4n) is 1.41. The molecule has 0 atom stereocenters. The normalized spacial score (nSPS) is 10.2. The number of para-hydroxylation sites is 1. The molecule has 0 saturated heterocycles. The standard InChI is InChI=1S/C11H10N2O4/c1-2-16-10(14)9-11(15)17-12-13(9)8-6-4-3-5-7-8/h3-7H,2H2,1H3/p+1. The molecular weight excluding hydrogens is 224 g/mol. The van der Waals surface area contributed by atoms with Crippen molar-refractivity contribution in [1.82, 2.24) is 5.27 Å². The highest BCUT2D eigenvalue weighted by atomic mass is 16.5. The van der Waals surface area contributed by atoms with Crippen molar-refractivity contribution in [2.24, 2.45) is 0 Å². The van der Waals surface area contributed by atoms with E-state index in [0.717, 1.165) is 0 Å². The minimum atomic E-state index is -0.757. The molecule has 0 fully saturated rings. The third kappa shape index (κ3) is 2.10. The molecule has 0 aliphatic heterocycles. The Hall–Kier alpha value is -2.37. The van der Waals surface area contributed by atoms with Crippen LogP contribution in [0.2, 0.25) is 0 Å². The number of aromatic amines is 1. The molecule has 0 spiro atoms. The van der Waals surface area contributed by atoms with E-state index in [1.165, 1.54) is 4.68 Å². The SMILES string of the molecule is CCOC(=O)c1c(=O)o[nH][n+]1-c1ccccc1. The Bertz CT molecular complexity index is 571. The van der Waals surface area contributed by atoms with E-state index in [1.807, 2.05) is 6.07 Å². The van der Waals surface area contributed by atoms with Crippen LogP contribution in [0.3, 0.4) is 0 Å². The molecule has 0 unspecified atom stereocenters. The van der Waals surface area contributed by atoms with Gasteiger partial charge in [0.15, 0.2) is 0 Å². The number of benzene rings is 1. The highest BCUT2D eigenvalue weighted by Crippen LogP contribution is 1.98. The van der Waals surface area contributed by atoms with Crippen LogP contribution in [-0.2, 0) is 4.74 Å². The van der Waals surface area contributed by atoms with Crippen molar-refractivity contribution in [2.45, 2.75) is 6.92 Å². The molecule has 1 heterocycles. The first-order valence-corrected chi connectivity index (χ1v) is 5.10. The number of hydrogen-bond donors (Lipinski definition) is 1. The first-order valence-electron chi connectivity index (χ1n) is 5.10. The van der Waals surface area contributed by atoms with Crippen LogP contribution in [0.5, 0.6) is 0 Å². The van der Waals surface area contributed by atoms with Gasteiger partial charge in [-0.15, -0.1) is 0 Å². The molecule has 1 aromatic carbocycles. The van der Waals surface area contributed by atoms with Crippen molar-refractivity contribution in [1.29, 1.82) is 0 Å². The molecule has 17 heavy (non-hydrogen) atoms. The molecule has 0 aliphatic rings. The summed E-state index contributed by atoms with van der Waals surface area (Å²) in [5, 5.41) is 2.36. The predicted molar refractivity (Wildman–Crippen MR) is 56.8 cm³/mol. The third-order valence-electron chi connectivity index (χ3n) is 2.13. The topological polar surface area (TPSA) is 76.2 Å². The Morgan fingerprint density at radius 1 is 1.41 bits per heavy atom. The van der Waals surface area contributed by atoms with Gasteiger partial charge in [-0.2, -0.15) is 0 Å². The van der Waals surface area contributed by atoms with Crippen molar-refractivity contribution in [3.63, 3.8) is 0 Å². The number of aromatic nitrogens is 2. The Morgan fingerprint density at radius 3 is 2.76 bits per heavy atom. The number of ether oxygens (including phenoxy) is 1. The highest BCUT2D eigenvalue weighted by Gasteiger charge is 2.31. The Morgan fingerprint density at radius 2 is 2.12 bits per heavy atom. The zero-order chi connectivity index (χ0) is 12.3. The van der Waals surface area contributed by atoms with E-state index < -0.39 is 11.6 Å². The maximum Gasteiger partial charge on any atom is 0.442 e. The lowest BCUT2D eigenvalue weighted by Crippen LogP contribution is -2.41. The monoisotopic (exact) mass is 235 g/mol. The van der Waals surface area contributed by atoms with Gasteiger partial charge in [0.25, 0.3) is 0 Å². The average molecular weight is 235 g/mol. The van der Waals surface area contributed by atoms with Crippen LogP contribution in [0.4, 0.5) is 0 Å². The van der Waals surface area contributed by atoms with Gasteiger partial charge in [-0.1, -0.05) is 18.2 Å². The molecule has 6 heteroatoms. The van der Waals surface area contributed by atoms with Gasteiger partial charge < -0.3 is 4.74 Å². The lowest BCUT2D eigenvalue weighted by atomic mass is 10.3. The summed E-state index contributed by atoms with van der Waals surface area (Å²) in [7, 11) is 0. The lowest BCUT2D eigenvalue weighted by Gasteiger charge is -1.95. The fraction of sp³-hybridized carbons (Fsp3) is 0.182. The zero-order valence-corrected chi connectivity index (χ0v) is 9.17. The molecule has 0 radical (unpaired) electrons. The van der Waals surface area contributed by atoms with Gasteiger partial charge in [-0.05, 0) is 16.9 Å². The largest absolute Gasteiger partial charge is 0.458 e. The minimum Gasteiger partial charge on any atom is -0.458 e.